The predicted octanol–water partition coefficient (Wildman–Crippen LogP) is 3.52. The van der Waals surface area contributed by atoms with Crippen LogP contribution in [0.5, 0.6) is 0 Å². The number of rotatable bonds is 0. The summed E-state index contributed by atoms with van der Waals surface area (Å²) in [5, 5.41) is 0. The van der Waals surface area contributed by atoms with Gasteiger partial charge in [0.2, 0.25) is 0 Å². The van der Waals surface area contributed by atoms with E-state index in [-0.39, 0.29) is 0 Å². The summed E-state index contributed by atoms with van der Waals surface area (Å²) in [7, 11) is 0. The molecule has 1 aliphatic rings. The SMILES string of the molecule is CC1=CC(C)c2ccc(C)cc21. The molecule has 0 aromatic heterocycles. The Morgan fingerprint density at radius 2 is 1.92 bits per heavy atom. The number of allylic oxidation sites excluding steroid dienone is 2. The highest BCUT2D eigenvalue weighted by molar-refractivity contribution is 5.73. The van der Waals surface area contributed by atoms with Gasteiger partial charge in [0, 0.05) is 5.92 Å². The quantitative estimate of drug-likeness (QED) is 0.542. The summed E-state index contributed by atoms with van der Waals surface area (Å²) in [5.74, 6) is 0.612. The molecule has 0 spiro atoms. The minimum absolute atomic E-state index is 0.612. The van der Waals surface area contributed by atoms with Gasteiger partial charge in [-0.3, -0.25) is 0 Å². The van der Waals surface area contributed by atoms with E-state index in [1.165, 1.54) is 22.3 Å². The Hall–Kier alpha value is -1.04. The molecule has 62 valence electrons. The van der Waals surface area contributed by atoms with Crippen molar-refractivity contribution in [2.75, 3.05) is 0 Å². The molecule has 0 radical (unpaired) electrons. The molecule has 1 aromatic carbocycles. The van der Waals surface area contributed by atoms with E-state index in [1.807, 2.05) is 0 Å². The fourth-order valence-corrected chi connectivity index (χ4v) is 1.96. The number of benzene rings is 1. The Labute approximate surface area is 73.9 Å². The van der Waals surface area contributed by atoms with Crippen LogP contribution in [0.1, 0.15) is 36.5 Å². The lowest BCUT2D eigenvalue weighted by Gasteiger charge is -2.05. The molecule has 0 saturated heterocycles. The van der Waals surface area contributed by atoms with Crippen LogP contribution in [0.15, 0.2) is 24.3 Å². The molecular weight excluding hydrogens is 144 g/mol. The zero-order valence-electron chi connectivity index (χ0n) is 7.89. The van der Waals surface area contributed by atoms with Crippen LogP contribution >= 0.6 is 0 Å². The summed E-state index contributed by atoms with van der Waals surface area (Å²) in [6.45, 7) is 6.60. The molecule has 2 rings (SSSR count). The summed E-state index contributed by atoms with van der Waals surface area (Å²) in [6, 6.07) is 6.73. The van der Waals surface area contributed by atoms with Gasteiger partial charge in [0.1, 0.15) is 0 Å². The standard InChI is InChI=1S/C12H14/c1-8-4-5-11-9(2)7-10(3)12(11)6-8/h4-7,9H,1-3H3. The van der Waals surface area contributed by atoms with Gasteiger partial charge in [-0.2, -0.15) is 0 Å². The molecule has 0 aliphatic heterocycles. The predicted molar refractivity (Wildman–Crippen MR) is 53.2 cm³/mol. The second-order valence-corrected chi connectivity index (χ2v) is 3.73. The number of fused-ring (bicyclic) bond motifs is 1. The molecule has 0 saturated carbocycles. The first kappa shape index (κ1) is 7.60. The monoisotopic (exact) mass is 158 g/mol. The van der Waals surface area contributed by atoms with Crippen LogP contribution in [0.25, 0.3) is 5.57 Å². The second-order valence-electron chi connectivity index (χ2n) is 3.73. The van der Waals surface area contributed by atoms with Crippen molar-refractivity contribution >= 4 is 5.57 Å². The highest BCUT2D eigenvalue weighted by atomic mass is 14.2. The van der Waals surface area contributed by atoms with Crippen molar-refractivity contribution in [3.05, 3.63) is 41.0 Å². The molecule has 0 amide bonds. The third kappa shape index (κ3) is 0.989. The van der Waals surface area contributed by atoms with Crippen LogP contribution in [0, 0.1) is 6.92 Å². The van der Waals surface area contributed by atoms with Crippen molar-refractivity contribution in [1.29, 1.82) is 0 Å². The van der Waals surface area contributed by atoms with Gasteiger partial charge in [0.05, 0.1) is 0 Å². The van der Waals surface area contributed by atoms with E-state index < -0.39 is 0 Å². The Bertz CT molecular complexity index is 345. The first-order chi connectivity index (χ1) is 5.68. The number of hydrogen-bond donors (Lipinski definition) is 0. The average Bonchev–Trinajstić information content (AvgIpc) is 2.28. The third-order valence-electron chi connectivity index (χ3n) is 2.62. The summed E-state index contributed by atoms with van der Waals surface area (Å²) in [4.78, 5) is 0. The van der Waals surface area contributed by atoms with Crippen LogP contribution in [0.3, 0.4) is 0 Å². The van der Waals surface area contributed by atoms with Crippen molar-refractivity contribution in [2.45, 2.75) is 26.7 Å². The van der Waals surface area contributed by atoms with Gasteiger partial charge in [0.25, 0.3) is 0 Å². The van der Waals surface area contributed by atoms with Crippen molar-refractivity contribution in [3.63, 3.8) is 0 Å². The highest BCUT2D eigenvalue weighted by Gasteiger charge is 2.16. The normalized spacial score (nSPS) is 20.6. The Morgan fingerprint density at radius 3 is 2.67 bits per heavy atom. The lowest BCUT2D eigenvalue weighted by Crippen LogP contribution is -1.87. The molecule has 1 aromatic rings. The maximum absolute atomic E-state index is 2.34. The van der Waals surface area contributed by atoms with E-state index >= 15 is 0 Å². The first-order valence-corrected chi connectivity index (χ1v) is 4.48. The van der Waals surface area contributed by atoms with Crippen molar-refractivity contribution in [2.24, 2.45) is 0 Å². The highest BCUT2D eigenvalue weighted by Crippen LogP contribution is 2.35. The van der Waals surface area contributed by atoms with E-state index in [2.05, 4.69) is 45.0 Å². The Balaban J connectivity index is 2.61. The van der Waals surface area contributed by atoms with Crippen molar-refractivity contribution in [3.8, 4) is 0 Å². The van der Waals surface area contributed by atoms with Gasteiger partial charge in [-0.05, 0) is 30.5 Å². The maximum atomic E-state index is 2.34. The fraction of sp³-hybridized carbons (Fsp3) is 0.333. The minimum Gasteiger partial charge on any atom is -0.0737 e. The van der Waals surface area contributed by atoms with E-state index in [0.29, 0.717) is 5.92 Å². The largest absolute Gasteiger partial charge is 0.0737 e. The molecule has 1 atom stereocenters. The van der Waals surface area contributed by atoms with Gasteiger partial charge in [-0.15, -0.1) is 0 Å². The van der Waals surface area contributed by atoms with Gasteiger partial charge in [-0.25, -0.2) is 0 Å². The summed E-state index contributed by atoms with van der Waals surface area (Å²) >= 11 is 0. The van der Waals surface area contributed by atoms with Crippen molar-refractivity contribution in [1.82, 2.24) is 0 Å². The number of aryl methyl sites for hydroxylation is 1. The van der Waals surface area contributed by atoms with Gasteiger partial charge in [0.15, 0.2) is 0 Å². The van der Waals surface area contributed by atoms with Gasteiger partial charge >= 0.3 is 0 Å². The smallest absolute Gasteiger partial charge is 0.000152 e. The van der Waals surface area contributed by atoms with Crippen molar-refractivity contribution < 1.29 is 0 Å². The molecule has 0 heterocycles. The zero-order chi connectivity index (χ0) is 8.72. The minimum atomic E-state index is 0.612. The van der Waals surface area contributed by atoms with Crippen LogP contribution in [-0.4, -0.2) is 0 Å². The van der Waals surface area contributed by atoms with E-state index in [9.17, 15) is 0 Å². The molecule has 1 unspecified atom stereocenters. The molecule has 0 N–H and O–H groups in total. The van der Waals surface area contributed by atoms with Crippen LogP contribution in [-0.2, 0) is 0 Å². The molecule has 1 aliphatic carbocycles. The Morgan fingerprint density at radius 1 is 1.17 bits per heavy atom. The van der Waals surface area contributed by atoms with E-state index in [4.69, 9.17) is 0 Å². The van der Waals surface area contributed by atoms with Gasteiger partial charge < -0.3 is 0 Å². The summed E-state index contributed by atoms with van der Waals surface area (Å²) in [6.07, 6.45) is 2.34. The zero-order valence-corrected chi connectivity index (χ0v) is 7.89. The number of hydrogen-bond acceptors (Lipinski definition) is 0. The fourth-order valence-electron chi connectivity index (χ4n) is 1.96. The summed E-state index contributed by atoms with van der Waals surface area (Å²) < 4.78 is 0. The molecular formula is C12H14. The molecule has 0 fully saturated rings. The summed E-state index contributed by atoms with van der Waals surface area (Å²) in [5.41, 5.74) is 5.72. The average molecular weight is 158 g/mol. The third-order valence-corrected chi connectivity index (χ3v) is 2.62. The van der Waals surface area contributed by atoms with Crippen LogP contribution < -0.4 is 0 Å². The second kappa shape index (κ2) is 2.48. The molecule has 0 bridgehead atoms. The topological polar surface area (TPSA) is 0 Å². The van der Waals surface area contributed by atoms with E-state index in [1.54, 1.807) is 0 Å². The molecule has 0 nitrogen and oxygen atoms in total. The van der Waals surface area contributed by atoms with Crippen LogP contribution in [0.4, 0.5) is 0 Å². The van der Waals surface area contributed by atoms with Crippen LogP contribution in [0.2, 0.25) is 0 Å². The first-order valence-electron chi connectivity index (χ1n) is 4.48. The molecule has 0 heteroatoms. The lowest BCUT2D eigenvalue weighted by atomic mass is 10.00. The maximum Gasteiger partial charge on any atom is 0.000152 e. The lowest BCUT2D eigenvalue weighted by molar-refractivity contribution is 0.988. The van der Waals surface area contributed by atoms with E-state index in [0.717, 1.165) is 0 Å². The Kier molecular flexibility index (Phi) is 1.57. The van der Waals surface area contributed by atoms with Gasteiger partial charge in [-0.1, -0.05) is 36.8 Å². The molecule has 12 heavy (non-hydrogen) atoms.